The lowest BCUT2D eigenvalue weighted by Gasteiger charge is -2.38. The molecule has 2 atom stereocenters. The van der Waals surface area contributed by atoms with Gasteiger partial charge in [0.05, 0.1) is 11.7 Å². The van der Waals surface area contributed by atoms with Gasteiger partial charge in [-0.2, -0.15) is 5.10 Å². The standard InChI is InChI=1S/C20H19N3O/c24-20(14-7-8-18-15(10-14)12-21-22-18)23-9-3-6-17-16-5-2-1-4-13(16)11-19(17)23/h1-2,4-5,7-8,10,12,17,19H,3,6,9,11H2,(H,21,22)/t17-,19+/m0/s1. The van der Waals surface area contributed by atoms with Gasteiger partial charge in [0, 0.05) is 29.5 Å². The number of hydrogen-bond donors (Lipinski definition) is 1. The van der Waals surface area contributed by atoms with Crippen LogP contribution in [-0.2, 0) is 6.42 Å². The molecule has 2 aromatic carbocycles. The maximum absolute atomic E-state index is 13.2. The smallest absolute Gasteiger partial charge is 0.254 e. The molecule has 4 heteroatoms. The van der Waals surface area contributed by atoms with Crippen molar-refractivity contribution in [3.05, 3.63) is 65.4 Å². The molecule has 1 saturated heterocycles. The third-order valence-corrected chi connectivity index (χ3v) is 5.61. The van der Waals surface area contributed by atoms with Gasteiger partial charge in [-0.15, -0.1) is 0 Å². The lowest BCUT2D eigenvalue weighted by atomic mass is 9.88. The third-order valence-electron chi connectivity index (χ3n) is 5.61. The molecule has 1 N–H and O–H groups in total. The molecule has 1 fully saturated rings. The lowest BCUT2D eigenvalue weighted by Crippen LogP contribution is -2.46. The lowest BCUT2D eigenvalue weighted by molar-refractivity contribution is 0.0595. The number of carbonyl (C=O) groups excluding carboxylic acids is 1. The van der Waals surface area contributed by atoms with E-state index in [-0.39, 0.29) is 5.91 Å². The van der Waals surface area contributed by atoms with E-state index >= 15 is 0 Å². The molecule has 1 amide bonds. The van der Waals surface area contributed by atoms with Crippen LogP contribution >= 0.6 is 0 Å². The van der Waals surface area contributed by atoms with Gasteiger partial charge in [-0.25, -0.2) is 0 Å². The van der Waals surface area contributed by atoms with Gasteiger partial charge in [-0.3, -0.25) is 9.89 Å². The summed E-state index contributed by atoms with van der Waals surface area (Å²) < 4.78 is 0. The summed E-state index contributed by atoms with van der Waals surface area (Å²) >= 11 is 0. The number of H-pyrrole nitrogens is 1. The molecule has 1 aliphatic heterocycles. The van der Waals surface area contributed by atoms with Gasteiger partial charge in [-0.05, 0) is 48.6 Å². The fourth-order valence-electron chi connectivity index (χ4n) is 4.47. The second kappa shape index (κ2) is 5.20. The monoisotopic (exact) mass is 317 g/mol. The van der Waals surface area contributed by atoms with Gasteiger partial charge in [0.25, 0.3) is 5.91 Å². The zero-order chi connectivity index (χ0) is 16.1. The van der Waals surface area contributed by atoms with E-state index in [1.54, 1.807) is 6.20 Å². The Morgan fingerprint density at radius 3 is 3.08 bits per heavy atom. The van der Waals surface area contributed by atoms with Crippen molar-refractivity contribution in [2.75, 3.05) is 6.54 Å². The van der Waals surface area contributed by atoms with Crippen molar-refractivity contribution >= 4 is 16.8 Å². The first kappa shape index (κ1) is 13.8. The SMILES string of the molecule is O=C(c1ccc2[nH]ncc2c1)N1CCC[C@H]2c3ccccc3C[C@H]21. The summed E-state index contributed by atoms with van der Waals surface area (Å²) in [6.07, 6.45) is 5.03. The molecule has 3 aromatic rings. The van der Waals surface area contributed by atoms with E-state index in [0.29, 0.717) is 12.0 Å². The van der Waals surface area contributed by atoms with E-state index in [1.165, 1.54) is 17.5 Å². The van der Waals surface area contributed by atoms with Crippen molar-refractivity contribution in [3.8, 4) is 0 Å². The topological polar surface area (TPSA) is 49.0 Å². The van der Waals surface area contributed by atoms with E-state index in [9.17, 15) is 4.79 Å². The van der Waals surface area contributed by atoms with Crippen molar-refractivity contribution in [2.24, 2.45) is 0 Å². The van der Waals surface area contributed by atoms with E-state index in [4.69, 9.17) is 0 Å². The molecular weight excluding hydrogens is 298 g/mol. The number of amides is 1. The molecule has 4 nitrogen and oxygen atoms in total. The molecule has 1 aromatic heterocycles. The van der Waals surface area contributed by atoms with Gasteiger partial charge < -0.3 is 4.90 Å². The highest BCUT2D eigenvalue weighted by Gasteiger charge is 2.40. The Hall–Kier alpha value is -2.62. The molecule has 120 valence electrons. The minimum Gasteiger partial charge on any atom is -0.335 e. The second-order valence-electron chi connectivity index (χ2n) is 6.89. The fourth-order valence-corrected chi connectivity index (χ4v) is 4.47. The molecule has 0 unspecified atom stereocenters. The van der Waals surface area contributed by atoms with Crippen molar-refractivity contribution in [3.63, 3.8) is 0 Å². The van der Waals surface area contributed by atoms with Gasteiger partial charge >= 0.3 is 0 Å². The van der Waals surface area contributed by atoms with Crippen molar-refractivity contribution < 1.29 is 4.79 Å². The normalized spacial score (nSPS) is 22.4. The van der Waals surface area contributed by atoms with E-state index < -0.39 is 0 Å². The van der Waals surface area contributed by atoms with Crippen LogP contribution in [0.5, 0.6) is 0 Å². The second-order valence-corrected chi connectivity index (χ2v) is 6.89. The summed E-state index contributed by atoms with van der Waals surface area (Å²) in [5, 5.41) is 7.97. The predicted molar refractivity (Wildman–Crippen MR) is 93.0 cm³/mol. The number of piperidine rings is 1. The van der Waals surface area contributed by atoms with Crippen LogP contribution < -0.4 is 0 Å². The fraction of sp³-hybridized carbons (Fsp3) is 0.300. The summed E-state index contributed by atoms with van der Waals surface area (Å²) in [4.78, 5) is 15.3. The highest BCUT2D eigenvalue weighted by Crippen LogP contribution is 2.42. The zero-order valence-electron chi connectivity index (χ0n) is 13.4. The maximum atomic E-state index is 13.2. The first-order valence-corrected chi connectivity index (χ1v) is 8.63. The zero-order valence-corrected chi connectivity index (χ0v) is 13.4. The minimum atomic E-state index is 0.153. The van der Waals surface area contributed by atoms with E-state index in [1.807, 2.05) is 18.2 Å². The molecular formula is C20H19N3O. The number of benzene rings is 2. The number of likely N-dealkylation sites (tertiary alicyclic amines) is 1. The number of fused-ring (bicyclic) bond motifs is 4. The Morgan fingerprint density at radius 2 is 2.12 bits per heavy atom. The number of hydrogen-bond acceptors (Lipinski definition) is 2. The van der Waals surface area contributed by atoms with Crippen LogP contribution in [0.2, 0.25) is 0 Å². The van der Waals surface area contributed by atoms with Crippen molar-refractivity contribution in [1.82, 2.24) is 15.1 Å². The minimum absolute atomic E-state index is 0.153. The van der Waals surface area contributed by atoms with Crippen LogP contribution in [0.1, 0.15) is 40.2 Å². The Labute approximate surface area is 140 Å². The summed E-state index contributed by atoms with van der Waals surface area (Å²) in [7, 11) is 0. The first-order valence-electron chi connectivity index (χ1n) is 8.63. The Morgan fingerprint density at radius 1 is 1.21 bits per heavy atom. The number of rotatable bonds is 1. The molecule has 24 heavy (non-hydrogen) atoms. The van der Waals surface area contributed by atoms with Gasteiger partial charge in [0.15, 0.2) is 0 Å². The Kier molecular flexibility index (Phi) is 2.98. The molecule has 0 saturated carbocycles. The van der Waals surface area contributed by atoms with Crippen molar-refractivity contribution in [1.29, 1.82) is 0 Å². The average Bonchev–Trinajstić information content (AvgIpc) is 3.24. The maximum Gasteiger partial charge on any atom is 0.254 e. The third kappa shape index (κ3) is 1.99. The molecule has 0 radical (unpaired) electrons. The van der Waals surface area contributed by atoms with E-state index in [2.05, 4.69) is 39.4 Å². The highest BCUT2D eigenvalue weighted by atomic mass is 16.2. The van der Waals surface area contributed by atoms with Crippen LogP contribution in [0.25, 0.3) is 10.9 Å². The first-order chi connectivity index (χ1) is 11.8. The van der Waals surface area contributed by atoms with Crippen LogP contribution in [0.4, 0.5) is 0 Å². The molecule has 1 aliphatic carbocycles. The molecule has 2 heterocycles. The summed E-state index contributed by atoms with van der Waals surface area (Å²) in [5.74, 6) is 0.650. The van der Waals surface area contributed by atoms with Crippen LogP contribution in [0.3, 0.4) is 0 Å². The molecule has 5 rings (SSSR count). The van der Waals surface area contributed by atoms with Gasteiger partial charge in [-0.1, -0.05) is 24.3 Å². The molecule has 2 aliphatic rings. The van der Waals surface area contributed by atoms with E-state index in [0.717, 1.165) is 35.9 Å². The van der Waals surface area contributed by atoms with Gasteiger partial charge in [0.1, 0.15) is 0 Å². The summed E-state index contributed by atoms with van der Waals surface area (Å²) in [5.41, 5.74) is 4.60. The van der Waals surface area contributed by atoms with Gasteiger partial charge in [0.2, 0.25) is 0 Å². The number of aromatic nitrogens is 2. The van der Waals surface area contributed by atoms with Crippen LogP contribution in [-0.4, -0.2) is 33.6 Å². The molecule has 0 spiro atoms. The van der Waals surface area contributed by atoms with Crippen LogP contribution in [0, 0.1) is 0 Å². The Bertz CT molecular complexity index is 929. The largest absolute Gasteiger partial charge is 0.335 e. The Balaban J connectivity index is 1.49. The average molecular weight is 317 g/mol. The quantitative estimate of drug-likeness (QED) is 0.746. The van der Waals surface area contributed by atoms with Crippen molar-refractivity contribution in [2.45, 2.75) is 31.2 Å². The van der Waals surface area contributed by atoms with Crippen LogP contribution in [0.15, 0.2) is 48.7 Å². The highest BCUT2D eigenvalue weighted by molar-refractivity contribution is 5.98. The number of nitrogens with zero attached hydrogens (tertiary/aromatic N) is 2. The molecule has 0 bridgehead atoms. The summed E-state index contributed by atoms with van der Waals surface area (Å²) in [6, 6.07) is 14.8. The number of nitrogens with one attached hydrogen (secondary N) is 1. The predicted octanol–water partition coefficient (Wildman–Crippen LogP) is 3.51. The number of aromatic amines is 1. The summed E-state index contributed by atoms with van der Waals surface area (Å²) in [6.45, 7) is 0.859. The number of carbonyl (C=O) groups is 1.